The van der Waals surface area contributed by atoms with Crippen molar-refractivity contribution in [2.24, 2.45) is 0 Å². The third kappa shape index (κ3) is 6.03. The topological polar surface area (TPSA) is 55.4 Å². The first-order valence-corrected chi connectivity index (χ1v) is 8.48. The lowest BCUT2D eigenvalue weighted by Gasteiger charge is -2.11. The van der Waals surface area contributed by atoms with Gasteiger partial charge in [-0.1, -0.05) is 18.2 Å². The van der Waals surface area contributed by atoms with Crippen LogP contribution in [0.3, 0.4) is 0 Å². The number of rotatable bonds is 6. The number of carbonyl (C=O) groups is 2. The minimum absolute atomic E-state index is 0.201. The van der Waals surface area contributed by atoms with Gasteiger partial charge in [0.25, 0.3) is 5.91 Å². The Labute approximate surface area is 152 Å². The summed E-state index contributed by atoms with van der Waals surface area (Å²) < 4.78 is 42.7. The van der Waals surface area contributed by atoms with Crippen LogP contribution in [0.2, 0.25) is 0 Å². The molecule has 2 aromatic rings. The molecule has 0 unspecified atom stereocenters. The predicted octanol–water partition coefficient (Wildman–Crippen LogP) is 4.20. The van der Waals surface area contributed by atoms with Crippen molar-refractivity contribution in [3.63, 3.8) is 0 Å². The van der Waals surface area contributed by atoms with E-state index in [2.05, 4.69) is 5.32 Å². The highest BCUT2D eigenvalue weighted by molar-refractivity contribution is 7.10. The lowest BCUT2D eigenvalue weighted by Crippen LogP contribution is -2.30. The van der Waals surface area contributed by atoms with Crippen LogP contribution >= 0.6 is 11.3 Å². The van der Waals surface area contributed by atoms with Crippen molar-refractivity contribution in [2.75, 3.05) is 6.61 Å². The van der Waals surface area contributed by atoms with Crippen molar-refractivity contribution in [3.8, 4) is 0 Å². The van der Waals surface area contributed by atoms with Crippen LogP contribution in [0.5, 0.6) is 0 Å². The molecule has 2 rings (SSSR count). The summed E-state index contributed by atoms with van der Waals surface area (Å²) in [5, 5.41) is 4.57. The summed E-state index contributed by atoms with van der Waals surface area (Å²) in [6.07, 6.45) is -2.28. The highest BCUT2D eigenvalue weighted by Gasteiger charge is 2.30. The van der Waals surface area contributed by atoms with Gasteiger partial charge in [-0.05, 0) is 42.1 Å². The zero-order valence-electron chi connectivity index (χ0n) is 13.7. The van der Waals surface area contributed by atoms with E-state index in [-0.39, 0.29) is 11.6 Å². The minimum atomic E-state index is -4.46. The number of esters is 1. The van der Waals surface area contributed by atoms with E-state index < -0.39 is 30.2 Å². The fraction of sp³-hybridized carbons (Fsp3) is 0.222. The Morgan fingerprint density at radius 1 is 1.27 bits per heavy atom. The third-order valence-corrected chi connectivity index (χ3v) is 4.37. The molecule has 1 amide bonds. The molecule has 1 N–H and O–H groups in total. The van der Waals surface area contributed by atoms with E-state index in [1.54, 1.807) is 6.92 Å². The molecule has 0 aliphatic carbocycles. The SMILES string of the molecule is C[C@H](NC(=O)COC(=O)/C=C/c1cccc(C(F)(F)F)c1)c1cccs1. The molecular formula is C18H16F3NO3S. The van der Waals surface area contributed by atoms with Crippen molar-refractivity contribution in [1.82, 2.24) is 5.32 Å². The van der Waals surface area contributed by atoms with E-state index in [1.165, 1.54) is 29.5 Å². The summed E-state index contributed by atoms with van der Waals surface area (Å²) in [7, 11) is 0. The summed E-state index contributed by atoms with van der Waals surface area (Å²) in [6, 6.07) is 8.05. The summed E-state index contributed by atoms with van der Waals surface area (Å²) in [6.45, 7) is 1.33. The van der Waals surface area contributed by atoms with Crippen LogP contribution in [-0.4, -0.2) is 18.5 Å². The Morgan fingerprint density at radius 2 is 2.04 bits per heavy atom. The molecule has 0 bridgehead atoms. The fourth-order valence-electron chi connectivity index (χ4n) is 2.06. The van der Waals surface area contributed by atoms with E-state index in [9.17, 15) is 22.8 Å². The van der Waals surface area contributed by atoms with Crippen molar-refractivity contribution in [1.29, 1.82) is 0 Å². The largest absolute Gasteiger partial charge is 0.452 e. The minimum Gasteiger partial charge on any atom is -0.452 e. The highest BCUT2D eigenvalue weighted by Crippen LogP contribution is 2.29. The van der Waals surface area contributed by atoms with Crippen molar-refractivity contribution >= 4 is 29.3 Å². The van der Waals surface area contributed by atoms with Gasteiger partial charge in [0.05, 0.1) is 11.6 Å². The summed E-state index contributed by atoms with van der Waals surface area (Å²) >= 11 is 1.49. The fourth-order valence-corrected chi connectivity index (χ4v) is 2.79. The molecule has 8 heteroatoms. The first-order valence-electron chi connectivity index (χ1n) is 7.60. The van der Waals surface area contributed by atoms with E-state index in [1.807, 2.05) is 17.5 Å². The first kappa shape index (κ1) is 19.7. The van der Waals surface area contributed by atoms with E-state index in [0.717, 1.165) is 23.1 Å². The van der Waals surface area contributed by atoms with Gasteiger partial charge in [-0.15, -0.1) is 11.3 Å². The Bertz CT molecular complexity index is 785. The first-order chi connectivity index (χ1) is 12.3. The molecular weight excluding hydrogens is 367 g/mol. The number of hydrogen-bond donors (Lipinski definition) is 1. The zero-order valence-corrected chi connectivity index (χ0v) is 14.6. The van der Waals surface area contributed by atoms with Crippen LogP contribution in [0.25, 0.3) is 6.08 Å². The predicted molar refractivity (Wildman–Crippen MR) is 92.3 cm³/mol. The van der Waals surface area contributed by atoms with Gasteiger partial charge in [-0.3, -0.25) is 4.79 Å². The molecule has 0 radical (unpaired) electrons. The molecule has 0 saturated carbocycles. The number of thiophene rings is 1. The van der Waals surface area contributed by atoms with Crippen LogP contribution in [-0.2, 0) is 20.5 Å². The molecule has 1 heterocycles. The maximum atomic E-state index is 12.6. The summed E-state index contributed by atoms with van der Waals surface area (Å²) in [5.41, 5.74) is -0.609. The second kappa shape index (κ2) is 8.66. The standard InChI is InChI=1S/C18H16F3NO3S/c1-12(15-6-3-9-26-15)22-16(23)11-25-17(24)8-7-13-4-2-5-14(10-13)18(19,20)21/h2-10,12H,11H2,1H3,(H,22,23)/b8-7+/t12-/m0/s1. The molecule has 0 saturated heterocycles. The summed E-state index contributed by atoms with van der Waals surface area (Å²) in [4.78, 5) is 24.3. The zero-order chi connectivity index (χ0) is 19.2. The molecule has 0 aliphatic heterocycles. The lowest BCUT2D eigenvalue weighted by molar-refractivity contribution is -0.144. The third-order valence-electron chi connectivity index (χ3n) is 3.32. The number of amides is 1. The highest BCUT2D eigenvalue weighted by atomic mass is 32.1. The normalized spacial score (nSPS) is 12.8. The van der Waals surface area contributed by atoms with Crippen LogP contribution in [0.15, 0.2) is 47.9 Å². The second-order valence-corrected chi connectivity index (χ2v) is 6.35. The number of benzene rings is 1. The van der Waals surface area contributed by atoms with E-state index in [0.29, 0.717) is 0 Å². The Hall–Kier alpha value is -2.61. The Balaban J connectivity index is 1.83. The number of nitrogens with one attached hydrogen (secondary N) is 1. The lowest BCUT2D eigenvalue weighted by atomic mass is 10.1. The molecule has 0 fully saturated rings. The number of halogens is 3. The van der Waals surface area contributed by atoms with Gasteiger partial charge >= 0.3 is 12.1 Å². The van der Waals surface area contributed by atoms with Crippen LogP contribution in [0.1, 0.15) is 29.0 Å². The molecule has 1 aromatic carbocycles. The summed E-state index contributed by atoms with van der Waals surface area (Å²) in [5.74, 6) is -1.28. The number of carbonyl (C=O) groups excluding carboxylic acids is 2. The average molecular weight is 383 g/mol. The molecule has 1 atom stereocenters. The van der Waals surface area contributed by atoms with Crippen LogP contribution in [0, 0.1) is 0 Å². The molecule has 0 spiro atoms. The molecule has 4 nitrogen and oxygen atoms in total. The van der Waals surface area contributed by atoms with E-state index in [4.69, 9.17) is 4.74 Å². The number of hydrogen-bond acceptors (Lipinski definition) is 4. The Kier molecular flexibility index (Phi) is 6.57. The van der Waals surface area contributed by atoms with Gasteiger partial charge in [0, 0.05) is 11.0 Å². The maximum Gasteiger partial charge on any atom is 0.416 e. The van der Waals surface area contributed by atoms with E-state index >= 15 is 0 Å². The number of alkyl halides is 3. The van der Waals surface area contributed by atoms with Crippen LogP contribution < -0.4 is 5.32 Å². The molecule has 1 aromatic heterocycles. The number of ether oxygens (including phenoxy) is 1. The van der Waals surface area contributed by atoms with Crippen molar-refractivity contribution in [3.05, 3.63) is 63.9 Å². The van der Waals surface area contributed by atoms with Gasteiger partial charge in [0.2, 0.25) is 0 Å². The maximum absolute atomic E-state index is 12.6. The van der Waals surface area contributed by atoms with Crippen molar-refractivity contribution in [2.45, 2.75) is 19.1 Å². The van der Waals surface area contributed by atoms with Gasteiger partial charge in [-0.25, -0.2) is 4.79 Å². The van der Waals surface area contributed by atoms with Gasteiger partial charge in [0.15, 0.2) is 6.61 Å². The van der Waals surface area contributed by atoms with Gasteiger partial charge in [-0.2, -0.15) is 13.2 Å². The monoisotopic (exact) mass is 383 g/mol. The van der Waals surface area contributed by atoms with Gasteiger partial charge < -0.3 is 10.1 Å². The smallest absolute Gasteiger partial charge is 0.416 e. The molecule has 0 aliphatic rings. The molecule has 138 valence electrons. The van der Waals surface area contributed by atoms with Crippen molar-refractivity contribution < 1.29 is 27.5 Å². The molecule has 26 heavy (non-hydrogen) atoms. The average Bonchev–Trinajstić information content (AvgIpc) is 3.12. The van der Waals surface area contributed by atoms with Crippen LogP contribution in [0.4, 0.5) is 13.2 Å². The second-order valence-electron chi connectivity index (χ2n) is 5.37. The Morgan fingerprint density at radius 3 is 2.69 bits per heavy atom. The quantitative estimate of drug-likeness (QED) is 0.601. The van der Waals surface area contributed by atoms with Gasteiger partial charge in [0.1, 0.15) is 0 Å².